The molecule has 0 aliphatic carbocycles. The molecule has 0 bridgehead atoms. The zero-order chi connectivity index (χ0) is 20.1. The van der Waals surface area contributed by atoms with Crippen LogP contribution in [-0.4, -0.2) is 32.7 Å². The molecule has 29 heavy (non-hydrogen) atoms. The highest BCUT2D eigenvalue weighted by Gasteiger charge is 2.11. The first kappa shape index (κ1) is 19.2. The summed E-state index contributed by atoms with van der Waals surface area (Å²) in [5.74, 6) is 0.657. The Bertz CT molecular complexity index is 1080. The first-order chi connectivity index (χ1) is 14.2. The summed E-state index contributed by atoms with van der Waals surface area (Å²) in [6, 6.07) is 15.4. The van der Waals surface area contributed by atoms with E-state index in [9.17, 15) is 0 Å². The second kappa shape index (κ2) is 8.88. The Balaban J connectivity index is 1.53. The monoisotopic (exact) mass is 514 g/mol. The summed E-state index contributed by atoms with van der Waals surface area (Å²) in [4.78, 5) is 8.63. The van der Waals surface area contributed by atoms with Gasteiger partial charge in [0.1, 0.15) is 0 Å². The SMILES string of the molecule is Brc1ccc(/C=N\Nc2nc3nonc3nc2N/N=C\c2ccc(Br)cc2)cc1. The zero-order valence-corrected chi connectivity index (χ0v) is 17.8. The fourth-order valence-corrected chi connectivity index (χ4v) is 2.76. The number of halogens is 2. The topological polar surface area (TPSA) is 113 Å². The van der Waals surface area contributed by atoms with Gasteiger partial charge in [-0.25, -0.2) is 4.63 Å². The van der Waals surface area contributed by atoms with E-state index in [4.69, 9.17) is 0 Å². The van der Waals surface area contributed by atoms with Gasteiger partial charge in [-0.15, -0.1) is 0 Å². The molecule has 0 saturated carbocycles. The van der Waals surface area contributed by atoms with Gasteiger partial charge in [0, 0.05) is 8.95 Å². The summed E-state index contributed by atoms with van der Waals surface area (Å²) in [7, 11) is 0. The van der Waals surface area contributed by atoms with Crippen LogP contribution in [0.3, 0.4) is 0 Å². The Labute approximate surface area is 181 Å². The van der Waals surface area contributed by atoms with Gasteiger partial charge in [0.05, 0.1) is 12.4 Å². The number of anilines is 2. The van der Waals surface area contributed by atoms with E-state index in [0.29, 0.717) is 11.6 Å². The van der Waals surface area contributed by atoms with Crippen molar-refractivity contribution in [2.24, 2.45) is 10.2 Å². The summed E-state index contributed by atoms with van der Waals surface area (Å²) < 4.78 is 6.66. The predicted octanol–water partition coefficient (Wildman–Crippen LogP) is 4.43. The van der Waals surface area contributed by atoms with Crippen molar-refractivity contribution in [3.63, 3.8) is 0 Å². The molecule has 4 rings (SSSR count). The quantitative estimate of drug-likeness (QED) is 0.288. The van der Waals surface area contributed by atoms with Crippen LogP contribution in [0.2, 0.25) is 0 Å². The van der Waals surface area contributed by atoms with E-state index in [0.717, 1.165) is 20.1 Å². The Morgan fingerprint density at radius 1 is 0.690 bits per heavy atom. The molecule has 0 fully saturated rings. The molecule has 2 heterocycles. The molecule has 0 aliphatic rings. The molecular formula is C18H12Br2N8O. The summed E-state index contributed by atoms with van der Waals surface area (Å²) in [6.45, 7) is 0. The smallest absolute Gasteiger partial charge is 0.245 e. The third-order valence-electron chi connectivity index (χ3n) is 3.62. The van der Waals surface area contributed by atoms with Gasteiger partial charge in [-0.2, -0.15) is 20.2 Å². The van der Waals surface area contributed by atoms with Crippen LogP contribution in [0.4, 0.5) is 11.6 Å². The number of fused-ring (bicyclic) bond motifs is 1. The van der Waals surface area contributed by atoms with Crippen molar-refractivity contribution in [2.45, 2.75) is 0 Å². The Kier molecular flexibility index (Phi) is 5.86. The Morgan fingerprint density at radius 3 is 1.52 bits per heavy atom. The molecule has 2 N–H and O–H groups in total. The van der Waals surface area contributed by atoms with Crippen LogP contribution in [0.25, 0.3) is 11.3 Å². The molecule has 2 aromatic heterocycles. The van der Waals surface area contributed by atoms with Crippen LogP contribution in [0.15, 0.2) is 72.3 Å². The van der Waals surface area contributed by atoms with Gasteiger partial charge in [0.15, 0.2) is 11.6 Å². The van der Waals surface area contributed by atoms with E-state index >= 15 is 0 Å². The highest BCUT2D eigenvalue weighted by Crippen LogP contribution is 2.19. The maximum Gasteiger partial charge on any atom is 0.245 e. The lowest BCUT2D eigenvalue weighted by Crippen LogP contribution is -2.03. The third kappa shape index (κ3) is 5.00. The molecule has 9 nitrogen and oxygen atoms in total. The number of aromatic nitrogens is 4. The van der Waals surface area contributed by atoms with Crippen molar-refractivity contribution >= 4 is 67.2 Å². The van der Waals surface area contributed by atoms with Crippen LogP contribution in [0.5, 0.6) is 0 Å². The molecule has 11 heteroatoms. The maximum absolute atomic E-state index is 4.68. The van der Waals surface area contributed by atoms with Gasteiger partial charge in [-0.3, -0.25) is 10.9 Å². The van der Waals surface area contributed by atoms with Crippen LogP contribution in [0, 0.1) is 0 Å². The predicted molar refractivity (Wildman–Crippen MR) is 118 cm³/mol. The molecule has 0 spiro atoms. The summed E-state index contributed by atoms with van der Waals surface area (Å²) in [5, 5.41) is 15.8. The normalized spacial score (nSPS) is 11.5. The lowest BCUT2D eigenvalue weighted by atomic mass is 10.2. The lowest BCUT2D eigenvalue weighted by Gasteiger charge is -2.05. The van der Waals surface area contributed by atoms with Crippen molar-refractivity contribution in [1.82, 2.24) is 20.3 Å². The van der Waals surface area contributed by atoms with E-state index in [2.05, 4.69) is 77.8 Å². The fraction of sp³-hybridized carbons (Fsp3) is 0. The summed E-state index contributed by atoms with van der Waals surface area (Å²) in [5.41, 5.74) is 8.04. The lowest BCUT2D eigenvalue weighted by molar-refractivity contribution is 0.314. The number of hydrogen-bond donors (Lipinski definition) is 2. The Morgan fingerprint density at radius 2 is 1.10 bits per heavy atom. The molecule has 0 amide bonds. The van der Waals surface area contributed by atoms with Crippen LogP contribution >= 0.6 is 31.9 Å². The van der Waals surface area contributed by atoms with Crippen molar-refractivity contribution in [3.05, 3.63) is 68.6 Å². The number of nitrogens with zero attached hydrogens (tertiary/aromatic N) is 6. The second-order valence-electron chi connectivity index (χ2n) is 5.68. The van der Waals surface area contributed by atoms with Gasteiger partial charge in [-0.05, 0) is 45.7 Å². The van der Waals surface area contributed by atoms with E-state index in [1.807, 2.05) is 48.5 Å². The minimum atomic E-state index is 0.258. The minimum absolute atomic E-state index is 0.258. The first-order valence-electron chi connectivity index (χ1n) is 8.27. The second-order valence-corrected chi connectivity index (χ2v) is 7.51. The van der Waals surface area contributed by atoms with Gasteiger partial charge < -0.3 is 0 Å². The van der Waals surface area contributed by atoms with E-state index in [-0.39, 0.29) is 11.3 Å². The van der Waals surface area contributed by atoms with Gasteiger partial charge in [0.2, 0.25) is 11.3 Å². The van der Waals surface area contributed by atoms with Crippen LogP contribution in [-0.2, 0) is 0 Å². The molecule has 4 aromatic rings. The minimum Gasteiger partial charge on any atom is -0.258 e. The van der Waals surface area contributed by atoms with E-state index in [1.54, 1.807) is 12.4 Å². The highest BCUT2D eigenvalue weighted by atomic mass is 79.9. The molecule has 0 unspecified atom stereocenters. The first-order valence-corrected chi connectivity index (χ1v) is 9.85. The van der Waals surface area contributed by atoms with Crippen LogP contribution in [0.1, 0.15) is 11.1 Å². The third-order valence-corrected chi connectivity index (χ3v) is 4.68. The summed E-state index contributed by atoms with van der Waals surface area (Å²) in [6.07, 6.45) is 3.32. The number of hydrazone groups is 2. The fourth-order valence-electron chi connectivity index (χ4n) is 2.23. The molecule has 0 radical (unpaired) electrons. The average Bonchev–Trinajstić information content (AvgIpc) is 3.18. The standard InChI is InChI=1S/C18H12Br2N8O/c19-13-5-1-11(2-6-13)9-21-25-15-16(24-18-17(23-15)27-29-28-18)26-22-10-12-3-7-14(20)8-4-12/h1-10H,(H,23,25,27)(H,24,26,28)/b21-9-,22-10-. The largest absolute Gasteiger partial charge is 0.258 e. The van der Waals surface area contributed by atoms with Gasteiger partial charge in [-0.1, -0.05) is 56.1 Å². The number of hydrogen-bond acceptors (Lipinski definition) is 9. The van der Waals surface area contributed by atoms with E-state index < -0.39 is 0 Å². The van der Waals surface area contributed by atoms with Crippen molar-refractivity contribution in [2.75, 3.05) is 10.9 Å². The number of rotatable bonds is 6. The number of nitrogens with one attached hydrogen (secondary N) is 2. The molecule has 2 aromatic carbocycles. The van der Waals surface area contributed by atoms with Crippen molar-refractivity contribution in [1.29, 1.82) is 0 Å². The molecule has 0 atom stereocenters. The Hall–Kier alpha value is -3.18. The number of benzene rings is 2. The summed E-state index contributed by atoms with van der Waals surface area (Å²) >= 11 is 6.80. The maximum atomic E-state index is 4.68. The molecular weight excluding hydrogens is 504 g/mol. The van der Waals surface area contributed by atoms with Gasteiger partial charge >= 0.3 is 0 Å². The zero-order valence-electron chi connectivity index (χ0n) is 14.6. The van der Waals surface area contributed by atoms with Crippen molar-refractivity contribution in [3.8, 4) is 0 Å². The van der Waals surface area contributed by atoms with Gasteiger partial charge in [0.25, 0.3) is 0 Å². The molecule has 0 aliphatic heterocycles. The average molecular weight is 516 g/mol. The van der Waals surface area contributed by atoms with E-state index in [1.165, 1.54) is 0 Å². The molecule has 0 saturated heterocycles. The highest BCUT2D eigenvalue weighted by molar-refractivity contribution is 9.10. The van der Waals surface area contributed by atoms with Crippen LogP contribution < -0.4 is 10.9 Å². The van der Waals surface area contributed by atoms with Crippen molar-refractivity contribution < 1.29 is 4.63 Å². The molecule has 144 valence electrons.